The Morgan fingerprint density at radius 1 is 1.19 bits per heavy atom. The number of ether oxygens (including phenoxy) is 3. The maximum atomic E-state index is 12.9. The fourth-order valence-electron chi connectivity index (χ4n) is 4.11. The van der Waals surface area contributed by atoms with Gasteiger partial charge in [0.05, 0.1) is 14.2 Å². The summed E-state index contributed by atoms with van der Waals surface area (Å²) in [4.78, 5) is 12.9. The quantitative estimate of drug-likeness (QED) is 0.652. The second-order valence-corrected chi connectivity index (χ2v) is 8.42. The van der Waals surface area contributed by atoms with Gasteiger partial charge < -0.3 is 14.2 Å². The molecular formula is C21H33BO4. The fourth-order valence-corrected chi connectivity index (χ4v) is 4.11. The van der Waals surface area contributed by atoms with Gasteiger partial charge in [-0.25, -0.2) is 0 Å². The van der Waals surface area contributed by atoms with Crippen LogP contribution in [0.1, 0.15) is 52.2 Å². The predicted octanol–water partition coefficient (Wildman–Crippen LogP) is 5.23. The minimum atomic E-state index is -0.449. The summed E-state index contributed by atoms with van der Waals surface area (Å²) in [7, 11) is 3.36. The van der Waals surface area contributed by atoms with Gasteiger partial charge in [0, 0.05) is 5.56 Å². The molecule has 2 atom stereocenters. The monoisotopic (exact) mass is 360 g/mol. The Hall–Kier alpha value is -1.65. The molecule has 0 bridgehead atoms. The Bertz CT molecular complexity index is 636. The van der Waals surface area contributed by atoms with E-state index in [4.69, 9.17) is 14.2 Å². The van der Waals surface area contributed by atoms with Crippen LogP contribution in [0.3, 0.4) is 0 Å². The largest absolute Gasteiger partial charge is 0.493 e. The molecule has 1 aromatic rings. The first-order chi connectivity index (χ1) is 12.2. The Balaban J connectivity index is 2.32. The van der Waals surface area contributed by atoms with Crippen molar-refractivity contribution in [1.29, 1.82) is 0 Å². The van der Waals surface area contributed by atoms with Gasteiger partial charge in [-0.05, 0) is 57.0 Å². The average Bonchev–Trinajstić information content (AvgIpc) is 2.56. The van der Waals surface area contributed by atoms with Gasteiger partial charge in [-0.2, -0.15) is 0 Å². The van der Waals surface area contributed by atoms with E-state index < -0.39 is 5.60 Å². The standard InChI is InChI=1S/C21H33BO4/c1-8-11-22(20(23)26-21(3,4)5)17-13-15-9-10-18(24-6)19(25-7)16(15)12-14(17)2/h9-10,14,17H,8,11-13H2,1-7H3. The van der Waals surface area contributed by atoms with Crippen molar-refractivity contribution in [3.8, 4) is 11.5 Å². The van der Waals surface area contributed by atoms with Crippen molar-refractivity contribution >= 4 is 12.6 Å². The van der Waals surface area contributed by atoms with E-state index in [2.05, 4.69) is 19.9 Å². The average molecular weight is 360 g/mol. The first-order valence-corrected chi connectivity index (χ1v) is 9.67. The van der Waals surface area contributed by atoms with Gasteiger partial charge >= 0.3 is 0 Å². The van der Waals surface area contributed by atoms with Crippen LogP contribution in [0.25, 0.3) is 0 Å². The summed E-state index contributed by atoms with van der Waals surface area (Å²) in [6.07, 6.45) is 3.61. The zero-order chi connectivity index (χ0) is 19.5. The molecule has 0 amide bonds. The highest BCUT2D eigenvalue weighted by Crippen LogP contribution is 2.44. The number of carbonyl (C=O) groups is 1. The second kappa shape index (κ2) is 8.36. The highest BCUT2D eigenvalue weighted by atomic mass is 16.6. The third-order valence-corrected chi connectivity index (χ3v) is 5.28. The SMILES string of the molecule is CCCB(C(=O)OC(C)(C)C)C1Cc2ccc(OC)c(OC)c2CC1C. The van der Waals surface area contributed by atoms with Crippen LogP contribution in [-0.4, -0.2) is 32.4 Å². The van der Waals surface area contributed by atoms with Crippen molar-refractivity contribution in [1.82, 2.24) is 0 Å². The Morgan fingerprint density at radius 2 is 1.88 bits per heavy atom. The topological polar surface area (TPSA) is 44.8 Å². The van der Waals surface area contributed by atoms with Crippen LogP contribution in [0, 0.1) is 5.92 Å². The molecule has 0 heterocycles. The molecular weight excluding hydrogens is 327 g/mol. The minimum absolute atomic E-state index is 0.0554. The van der Waals surface area contributed by atoms with E-state index in [1.54, 1.807) is 14.2 Å². The summed E-state index contributed by atoms with van der Waals surface area (Å²) in [6.45, 7) is 10.1. The molecule has 4 nitrogen and oxygen atoms in total. The molecule has 1 aliphatic carbocycles. The number of carbonyl (C=O) groups excluding carboxylic acids is 1. The molecule has 2 unspecified atom stereocenters. The van der Waals surface area contributed by atoms with Crippen molar-refractivity contribution in [2.75, 3.05) is 14.2 Å². The minimum Gasteiger partial charge on any atom is -0.493 e. The summed E-state index contributed by atoms with van der Waals surface area (Å²) < 4.78 is 16.8. The van der Waals surface area contributed by atoms with Crippen LogP contribution in [0.4, 0.5) is 4.79 Å². The van der Waals surface area contributed by atoms with Crippen LogP contribution in [0.5, 0.6) is 11.5 Å². The lowest BCUT2D eigenvalue weighted by Gasteiger charge is -2.35. The van der Waals surface area contributed by atoms with Crippen LogP contribution in [-0.2, 0) is 17.6 Å². The molecule has 2 rings (SSSR count). The van der Waals surface area contributed by atoms with E-state index in [0.717, 1.165) is 37.1 Å². The summed E-state index contributed by atoms with van der Waals surface area (Å²) in [6, 6.07) is 4.08. The molecule has 0 spiro atoms. The van der Waals surface area contributed by atoms with E-state index in [1.807, 2.05) is 26.8 Å². The van der Waals surface area contributed by atoms with E-state index in [-0.39, 0.29) is 18.4 Å². The molecule has 0 radical (unpaired) electrons. The molecule has 1 aliphatic rings. The third kappa shape index (κ3) is 4.55. The zero-order valence-corrected chi connectivity index (χ0v) is 17.3. The summed E-state index contributed by atoms with van der Waals surface area (Å²) in [5, 5.41) is 0. The van der Waals surface area contributed by atoms with Gasteiger partial charge in [0.25, 0.3) is 12.6 Å². The maximum absolute atomic E-state index is 12.9. The van der Waals surface area contributed by atoms with Crippen LogP contribution >= 0.6 is 0 Å². The molecule has 0 saturated carbocycles. The molecule has 5 heteroatoms. The van der Waals surface area contributed by atoms with Crippen molar-refractivity contribution in [3.63, 3.8) is 0 Å². The Morgan fingerprint density at radius 3 is 2.42 bits per heavy atom. The van der Waals surface area contributed by atoms with E-state index in [0.29, 0.717) is 5.92 Å². The Kier molecular flexibility index (Phi) is 6.65. The van der Waals surface area contributed by atoms with Gasteiger partial charge in [-0.1, -0.05) is 32.7 Å². The predicted molar refractivity (Wildman–Crippen MR) is 107 cm³/mol. The summed E-state index contributed by atoms with van der Waals surface area (Å²) in [5.41, 5.74) is 2.03. The molecule has 26 heavy (non-hydrogen) atoms. The summed E-state index contributed by atoms with van der Waals surface area (Å²) in [5.74, 6) is 2.22. The van der Waals surface area contributed by atoms with Gasteiger partial charge in [-0.15, -0.1) is 0 Å². The van der Waals surface area contributed by atoms with E-state index in [9.17, 15) is 4.79 Å². The van der Waals surface area contributed by atoms with E-state index >= 15 is 0 Å². The lowest BCUT2D eigenvalue weighted by atomic mass is 9.34. The molecule has 1 aromatic carbocycles. The molecule has 0 saturated heterocycles. The van der Waals surface area contributed by atoms with Crippen molar-refractivity contribution in [2.45, 2.75) is 71.6 Å². The van der Waals surface area contributed by atoms with Crippen LogP contribution in [0.2, 0.25) is 12.1 Å². The Labute approximate surface area is 158 Å². The molecule has 0 N–H and O–H groups in total. The maximum Gasteiger partial charge on any atom is 0.281 e. The normalized spacial score (nSPS) is 19.5. The first kappa shape index (κ1) is 20.7. The van der Waals surface area contributed by atoms with Crippen molar-refractivity contribution in [2.24, 2.45) is 5.92 Å². The van der Waals surface area contributed by atoms with Crippen molar-refractivity contribution in [3.05, 3.63) is 23.3 Å². The molecule has 144 valence electrons. The van der Waals surface area contributed by atoms with Gasteiger partial charge in [0.2, 0.25) is 0 Å². The third-order valence-electron chi connectivity index (χ3n) is 5.28. The van der Waals surface area contributed by atoms with Gasteiger partial charge in [0.15, 0.2) is 11.5 Å². The number of benzene rings is 1. The van der Waals surface area contributed by atoms with Gasteiger partial charge in [0.1, 0.15) is 5.60 Å². The number of hydrogen-bond acceptors (Lipinski definition) is 4. The van der Waals surface area contributed by atoms with Gasteiger partial charge in [-0.3, -0.25) is 4.79 Å². The summed E-state index contributed by atoms with van der Waals surface area (Å²) >= 11 is 0. The number of rotatable bonds is 6. The first-order valence-electron chi connectivity index (χ1n) is 9.67. The lowest BCUT2D eigenvalue weighted by Crippen LogP contribution is -2.41. The smallest absolute Gasteiger partial charge is 0.281 e. The molecule has 0 aliphatic heterocycles. The number of methoxy groups -OCH3 is 2. The molecule has 0 aromatic heterocycles. The van der Waals surface area contributed by atoms with Crippen molar-refractivity contribution < 1.29 is 19.0 Å². The highest BCUT2D eigenvalue weighted by molar-refractivity contribution is 6.89. The number of fused-ring (bicyclic) bond motifs is 1. The second-order valence-electron chi connectivity index (χ2n) is 8.42. The lowest BCUT2D eigenvalue weighted by molar-refractivity contribution is 0.0704. The fraction of sp³-hybridized carbons (Fsp3) is 0.667. The highest BCUT2D eigenvalue weighted by Gasteiger charge is 2.41. The van der Waals surface area contributed by atoms with Crippen LogP contribution < -0.4 is 9.47 Å². The molecule has 0 fully saturated rings. The zero-order valence-electron chi connectivity index (χ0n) is 17.3. The van der Waals surface area contributed by atoms with E-state index in [1.165, 1.54) is 11.1 Å². The van der Waals surface area contributed by atoms with Crippen LogP contribution in [0.15, 0.2) is 12.1 Å². The number of hydrogen-bond donors (Lipinski definition) is 0.